The minimum absolute atomic E-state index is 0.105. The number of anilines is 1. The molecular formula is C14H12F3N. The van der Waals surface area contributed by atoms with E-state index in [1.54, 1.807) is 6.07 Å². The first-order valence-electron chi connectivity index (χ1n) is 5.50. The highest BCUT2D eigenvalue weighted by molar-refractivity contribution is 5.51. The molecule has 1 nitrogen and oxygen atoms in total. The van der Waals surface area contributed by atoms with Gasteiger partial charge < -0.3 is 5.32 Å². The summed E-state index contributed by atoms with van der Waals surface area (Å²) >= 11 is 0. The van der Waals surface area contributed by atoms with Crippen LogP contribution < -0.4 is 5.32 Å². The van der Waals surface area contributed by atoms with E-state index in [9.17, 15) is 13.2 Å². The third kappa shape index (κ3) is 2.83. The second-order valence-corrected chi connectivity index (χ2v) is 4.05. The van der Waals surface area contributed by atoms with Gasteiger partial charge in [-0.1, -0.05) is 6.07 Å². The van der Waals surface area contributed by atoms with Crippen LogP contribution in [0.3, 0.4) is 0 Å². The van der Waals surface area contributed by atoms with E-state index < -0.39 is 11.6 Å². The largest absolute Gasteiger partial charge is 0.381 e. The van der Waals surface area contributed by atoms with Crippen molar-refractivity contribution in [1.82, 2.24) is 0 Å². The van der Waals surface area contributed by atoms with Crippen LogP contribution in [0.4, 0.5) is 18.9 Å². The fourth-order valence-electron chi connectivity index (χ4n) is 1.65. The maximum atomic E-state index is 13.4. The van der Waals surface area contributed by atoms with E-state index in [2.05, 4.69) is 5.32 Å². The van der Waals surface area contributed by atoms with E-state index in [-0.39, 0.29) is 17.9 Å². The Kier molecular flexibility index (Phi) is 3.55. The molecular weight excluding hydrogens is 239 g/mol. The molecule has 18 heavy (non-hydrogen) atoms. The number of aryl methyl sites for hydroxylation is 1. The zero-order valence-electron chi connectivity index (χ0n) is 9.81. The first-order chi connectivity index (χ1) is 8.56. The smallest absolute Gasteiger partial charge is 0.128 e. The lowest BCUT2D eigenvalue weighted by atomic mass is 10.1. The molecule has 0 aliphatic heterocycles. The summed E-state index contributed by atoms with van der Waals surface area (Å²) in [6.45, 7) is 1.91. The molecule has 0 radical (unpaired) electrons. The quantitative estimate of drug-likeness (QED) is 0.868. The van der Waals surface area contributed by atoms with Crippen molar-refractivity contribution < 1.29 is 13.2 Å². The summed E-state index contributed by atoms with van der Waals surface area (Å²) in [5.74, 6) is -1.36. The molecule has 0 atom stereocenters. The summed E-state index contributed by atoms with van der Waals surface area (Å²) < 4.78 is 39.4. The summed E-state index contributed by atoms with van der Waals surface area (Å²) in [4.78, 5) is 0. The van der Waals surface area contributed by atoms with Crippen molar-refractivity contribution in [3.63, 3.8) is 0 Å². The van der Waals surface area contributed by atoms with Gasteiger partial charge in [-0.05, 0) is 42.8 Å². The van der Waals surface area contributed by atoms with Crippen LogP contribution in [0.15, 0.2) is 36.4 Å². The van der Waals surface area contributed by atoms with Gasteiger partial charge in [0.15, 0.2) is 0 Å². The van der Waals surface area contributed by atoms with Crippen molar-refractivity contribution in [3.05, 3.63) is 65.0 Å². The molecule has 0 saturated heterocycles. The van der Waals surface area contributed by atoms with Crippen molar-refractivity contribution in [2.75, 3.05) is 5.32 Å². The summed E-state index contributed by atoms with van der Waals surface area (Å²) in [5, 5.41) is 2.89. The molecule has 94 valence electrons. The summed E-state index contributed by atoms with van der Waals surface area (Å²) in [6, 6.07) is 7.56. The van der Waals surface area contributed by atoms with Crippen LogP contribution >= 0.6 is 0 Å². The van der Waals surface area contributed by atoms with Crippen LogP contribution in [-0.2, 0) is 6.54 Å². The Morgan fingerprint density at radius 3 is 2.39 bits per heavy atom. The lowest BCUT2D eigenvalue weighted by molar-refractivity contribution is 0.587. The predicted molar refractivity (Wildman–Crippen MR) is 64.8 cm³/mol. The number of benzene rings is 2. The van der Waals surface area contributed by atoms with E-state index in [0.29, 0.717) is 5.69 Å². The lowest BCUT2D eigenvalue weighted by Gasteiger charge is -2.10. The Morgan fingerprint density at radius 1 is 0.944 bits per heavy atom. The number of hydrogen-bond donors (Lipinski definition) is 1. The molecule has 2 rings (SSSR count). The van der Waals surface area contributed by atoms with Crippen LogP contribution in [-0.4, -0.2) is 0 Å². The molecule has 0 fully saturated rings. The SMILES string of the molecule is Cc1ccc(F)cc1NCc1cc(F)ccc1F. The molecule has 0 bridgehead atoms. The number of nitrogens with one attached hydrogen (secondary N) is 1. The first-order valence-corrected chi connectivity index (χ1v) is 5.50. The predicted octanol–water partition coefficient (Wildman–Crippen LogP) is 4.02. The summed E-state index contributed by atoms with van der Waals surface area (Å²) in [5.41, 5.74) is 1.62. The zero-order chi connectivity index (χ0) is 13.1. The highest BCUT2D eigenvalue weighted by Gasteiger charge is 2.05. The Labute approximate surface area is 103 Å². The standard InChI is InChI=1S/C14H12F3N/c1-9-2-3-12(16)7-14(9)18-8-10-6-11(15)4-5-13(10)17/h2-7,18H,8H2,1H3. The Bertz CT molecular complexity index is 515. The number of rotatable bonds is 3. The number of hydrogen-bond acceptors (Lipinski definition) is 1. The summed E-state index contributed by atoms with van der Waals surface area (Å²) in [7, 11) is 0. The maximum Gasteiger partial charge on any atom is 0.128 e. The summed E-state index contributed by atoms with van der Waals surface area (Å²) in [6.07, 6.45) is 0. The Balaban J connectivity index is 2.16. The molecule has 4 heteroatoms. The molecule has 0 heterocycles. The van der Waals surface area contributed by atoms with E-state index in [1.165, 1.54) is 12.1 Å². The second-order valence-electron chi connectivity index (χ2n) is 4.05. The van der Waals surface area contributed by atoms with E-state index in [1.807, 2.05) is 6.92 Å². The molecule has 1 N–H and O–H groups in total. The molecule has 2 aromatic carbocycles. The van der Waals surface area contributed by atoms with Gasteiger partial charge in [0, 0.05) is 17.8 Å². The first kappa shape index (κ1) is 12.5. The normalized spacial score (nSPS) is 10.4. The van der Waals surface area contributed by atoms with Gasteiger partial charge >= 0.3 is 0 Å². The molecule has 2 aromatic rings. The van der Waals surface area contributed by atoms with Gasteiger partial charge in [-0.3, -0.25) is 0 Å². The molecule has 0 aliphatic rings. The number of halogens is 3. The fourth-order valence-corrected chi connectivity index (χ4v) is 1.65. The highest BCUT2D eigenvalue weighted by Crippen LogP contribution is 2.18. The Morgan fingerprint density at radius 2 is 1.61 bits per heavy atom. The third-order valence-corrected chi connectivity index (χ3v) is 2.68. The second kappa shape index (κ2) is 5.12. The molecule has 0 unspecified atom stereocenters. The maximum absolute atomic E-state index is 13.4. The average molecular weight is 251 g/mol. The molecule has 0 saturated carbocycles. The van der Waals surface area contributed by atoms with Gasteiger partial charge in [0.2, 0.25) is 0 Å². The van der Waals surface area contributed by atoms with Crippen molar-refractivity contribution in [2.24, 2.45) is 0 Å². The van der Waals surface area contributed by atoms with Crippen LogP contribution in [0.5, 0.6) is 0 Å². The topological polar surface area (TPSA) is 12.0 Å². The van der Waals surface area contributed by atoms with Crippen molar-refractivity contribution in [1.29, 1.82) is 0 Å². The average Bonchev–Trinajstić information content (AvgIpc) is 2.34. The molecule has 0 spiro atoms. The van der Waals surface area contributed by atoms with E-state index >= 15 is 0 Å². The van der Waals surface area contributed by atoms with Crippen molar-refractivity contribution in [2.45, 2.75) is 13.5 Å². The van der Waals surface area contributed by atoms with Gasteiger partial charge in [0.1, 0.15) is 17.5 Å². The van der Waals surface area contributed by atoms with Gasteiger partial charge in [-0.15, -0.1) is 0 Å². The zero-order valence-corrected chi connectivity index (χ0v) is 9.81. The van der Waals surface area contributed by atoms with Crippen molar-refractivity contribution in [3.8, 4) is 0 Å². The van der Waals surface area contributed by atoms with E-state index in [4.69, 9.17) is 0 Å². The molecule has 0 aliphatic carbocycles. The van der Waals surface area contributed by atoms with Crippen molar-refractivity contribution >= 4 is 5.69 Å². The monoisotopic (exact) mass is 251 g/mol. The Hall–Kier alpha value is -1.97. The van der Waals surface area contributed by atoms with Gasteiger partial charge in [-0.25, -0.2) is 13.2 Å². The van der Waals surface area contributed by atoms with Gasteiger partial charge in [-0.2, -0.15) is 0 Å². The van der Waals surface area contributed by atoms with Crippen LogP contribution in [0.1, 0.15) is 11.1 Å². The molecule has 0 aromatic heterocycles. The fraction of sp³-hybridized carbons (Fsp3) is 0.143. The minimum atomic E-state index is -0.496. The highest BCUT2D eigenvalue weighted by atomic mass is 19.1. The third-order valence-electron chi connectivity index (χ3n) is 2.68. The van der Waals surface area contributed by atoms with Crippen LogP contribution in [0.2, 0.25) is 0 Å². The van der Waals surface area contributed by atoms with Gasteiger partial charge in [0.05, 0.1) is 0 Å². The van der Waals surface area contributed by atoms with Crippen LogP contribution in [0, 0.1) is 24.4 Å². The lowest BCUT2D eigenvalue weighted by Crippen LogP contribution is -2.04. The van der Waals surface area contributed by atoms with Crippen LogP contribution in [0.25, 0.3) is 0 Å². The van der Waals surface area contributed by atoms with Gasteiger partial charge in [0.25, 0.3) is 0 Å². The minimum Gasteiger partial charge on any atom is -0.381 e. The molecule has 0 amide bonds. The van der Waals surface area contributed by atoms with E-state index in [0.717, 1.165) is 23.8 Å².